The van der Waals surface area contributed by atoms with Crippen LogP contribution in [0.15, 0.2) is 36.7 Å². The maximum absolute atomic E-state index is 15.7. The first-order valence-electron chi connectivity index (χ1n) is 11.1. The zero-order valence-corrected chi connectivity index (χ0v) is 17.7. The lowest BCUT2D eigenvalue weighted by Crippen LogP contribution is -2.23. The van der Waals surface area contributed by atoms with Gasteiger partial charge in [0.05, 0.1) is 12.1 Å². The number of alkyl halides is 1. The Morgan fingerprint density at radius 3 is 2.90 bits per heavy atom. The van der Waals surface area contributed by atoms with Gasteiger partial charge in [-0.1, -0.05) is 31.9 Å². The number of nitrogens with one attached hydrogen (secondary N) is 1. The monoisotopic (exact) mass is 413 g/mol. The van der Waals surface area contributed by atoms with Crippen LogP contribution in [-0.2, 0) is 16.9 Å². The van der Waals surface area contributed by atoms with E-state index in [4.69, 9.17) is 0 Å². The van der Waals surface area contributed by atoms with Crippen molar-refractivity contribution in [1.29, 1.82) is 0 Å². The summed E-state index contributed by atoms with van der Waals surface area (Å²) in [5.74, 6) is -0.0159. The summed E-state index contributed by atoms with van der Waals surface area (Å²) in [5, 5.41) is 12.5. The third-order valence-electron chi connectivity index (χ3n) is 6.12. The Balaban J connectivity index is 1.53. The minimum absolute atomic E-state index is 0.0501. The summed E-state index contributed by atoms with van der Waals surface area (Å²) in [6.45, 7) is 2.77. The average Bonchev–Trinajstić information content (AvgIpc) is 2.78. The van der Waals surface area contributed by atoms with Crippen LogP contribution < -0.4 is 5.32 Å². The van der Waals surface area contributed by atoms with Crippen molar-refractivity contribution < 1.29 is 14.3 Å². The fourth-order valence-electron chi connectivity index (χ4n) is 4.25. The summed E-state index contributed by atoms with van der Waals surface area (Å²) in [6.07, 6.45) is 9.71. The van der Waals surface area contributed by atoms with Gasteiger partial charge in [-0.2, -0.15) is 0 Å². The molecule has 2 N–H and O–H groups in total. The number of carbonyl (C=O) groups is 1. The molecule has 1 aliphatic rings. The van der Waals surface area contributed by atoms with Crippen molar-refractivity contribution in [1.82, 2.24) is 9.97 Å². The molecule has 2 aromatic heterocycles. The van der Waals surface area contributed by atoms with Crippen molar-refractivity contribution in [3.8, 4) is 0 Å². The second kappa shape index (κ2) is 10.5. The van der Waals surface area contributed by atoms with E-state index in [1.165, 1.54) is 5.56 Å². The van der Waals surface area contributed by atoms with Gasteiger partial charge in [0.15, 0.2) is 5.67 Å². The van der Waals surface area contributed by atoms with E-state index < -0.39 is 11.6 Å². The third kappa shape index (κ3) is 5.77. The molecular weight excluding hydrogens is 381 g/mol. The number of anilines is 1. The highest BCUT2D eigenvalue weighted by molar-refractivity contribution is 5.68. The van der Waals surface area contributed by atoms with Crippen LogP contribution in [0.3, 0.4) is 0 Å². The summed E-state index contributed by atoms with van der Waals surface area (Å²) in [4.78, 5) is 19.9. The van der Waals surface area contributed by atoms with Gasteiger partial charge >= 0.3 is 5.97 Å². The largest absolute Gasteiger partial charge is 0.481 e. The van der Waals surface area contributed by atoms with Crippen LogP contribution in [0.4, 0.5) is 10.2 Å². The number of aliphatic carboxylic acids is 1. The van der Waals surface area contributed by atoms with E-state index in [2.05, 4.69) is 15.3 Å². The van der Waals surface area contributed by atoms with Crippen molar-refractivity contribution in [2.45, 2.75) is 76.3 Å². The quantitative estimate of drug-likeness (QED) is 0.468. The number of halogens is 1. The second-order valence-electron chi connectivity index (χ2n) is 8.23. The maximum Gasteiger partial charge on any atom is 0.303 e. The van der Waals surface area contributed by atoms with Gasteiger partial charge in [-0.15, -0.1) is 0 Å². The lowest BCUT2D eigenvalue weighted by atomic mass is 9.88. The van der Waals surface area contributed by atoms with E-state index in [1.807, 2.05) is 31.2 Å². The maximum atomic E-state index is 15.7. The molecule has 0 amide bonds. The van der Waals surface area contributed by atoms with Crippen molar-refractivity contribution in [2.75, 3.05) is 11.9 Å². The number of carboxylic acids is 1. The molecule has 2 aromatic rings. The highest BCUT2D eigenvalue weighted by Gasteiger charge is 2.32. The molecule has 3 rings (SSSR count). The zero-order chi connectivity index (χ0) is 21.4. The highest BCUT2D eigenvalue weighted by Crippen LogP contribution is 2.36. The van der Waals surface area contributed by atoms with E-state index in [0.29, 0.717) is 18.5 Å². The summed E-state index contributed by atoms with van der Waals surface area (Å²) in [6, 6.07) is 7.63. The minimum atomic E-state index is -1.42. The first-order chi connectivity index (χ1) is 14.5. The molecule has 5 nitrogen and oxygen atoms in total. The molecule has 0 aromatic carbocycles. The van der Waals surface area contributed by atoms with Crippen LogP contribution in [0.5, 0.6) is 0 Å². The van der Waals surface area contributed by atoms with E-state index in [1.54, 1.807) is 12.4 Å². The van der Waals surface area contributed by atoms with Gasteiger partial charge < -0.3 is 10.4 Å². The third-order valence-corrected chi connectivity index (χ3v) is 6.12. The van der Waals surface area contributed by atoms with Gasteiger partial charge in [0.25, 0.3) is 0 Å². The Bertz CT molecular complexity index is 830. The van der Waals surface area contributed by atoms with Gasteiger partial charge in [-0.05, 0) is 67.7 Å². The normalized spacial score (nSPS) is 16.2. The summed E-state index contributed by atoms with van der Waals surface area (Å²) in [5.41, 5.74) is 1.23. The summed E-state index contributed by atoms with van der Waals surface area (Å²) < 4.78 is 15.7. The fraction of sp³-hybridized carbons (Fsp3) is 0.542. The molecule has 30 heavy (non-hydrogen) atoms. The fourth-order valence-corrected chi connectivity index (χ4v) is 4.25. The number of aryl methyl sites for hydroxylation is 1. The number of fused-ring (bicyclic) bond motifs is 1. The number of hydrogen-bond donors (Lipinski definition) is 2. The van der Waals surface area contributed by atoms with Crippen LogP contribution in [0.25, 0.3) is 0 Å². The van der Waals surface area contributed by atoms with Gasteiger partial charge in [-0.3, -0.25) is 9.78 Å². The molecule has 6 heteroatoms. The van der Waals surface area contributed by atoms with Gasteiger partial charge in [-0.25, -0.2) is 9.37 Å². The molecule has 0 aliphatic carbocycles. The molecule has 2 unspecified atom stereocenters. The number of aromatic nitrogens is 2. The molecule has 3 heterocycles. The van der Waals surface area contributed by atoms with Gasteiger partial charge in [0, 0.05) is 18.9 Å². The van der Waals surface area contributed by atoms with Crippen LogP contribution in [0, 0.1) is 0 Å². The minimum Gasteiger partial charge on any atom is -0.481 e. The van der Waals surface area contributed by atoms with E-state index in [-0.39, 0.29) is 12.3 Å². The van der Waals surface area contributed by atoms with Gasteiger partial charge in [0.2, 0.25) is 0 Å². The van der Waals surface area contributed by atoms with Crippen LogP contribution in [0.1, 0.15) is 81.0 Å². The van der Waals surface area contributed by atoms with Crippen LogP contribution in [-0.4, -0.2) is 27.6 Å². The Morgan fingerprint density at radius 1 is 1.30 bits per heavy atom. The molecule has 0 fully saturated rings. The standard InChI is InChI=1S/C24H32FN3O2/c1-2-24(25,21-12-11-18-9-7-15-27-23(18)28-21)13-5-3-4-8-19(16-22(29)30)20-10-6-14-26-17-20/h6,10-12,14,17,19H,2-5,7-9,13,15-16H2,1H3,(H,27,28)(H,29,30). The van der Waals surface area contributed by atoms with E-state index in [0.717, 1.165) is 56.5 Å². The Kier molecular flexibility index (Phi) is 7.77. The molecule has 1 aliphatic heterocycles. The van der Waals surface area contributed by atoms with Crippen LogP contribution >= 0.6 is 0 Å². The number of nitrogens with zero attached hydrogens (tertiary/aromatic N) is 2. The Labute approximate surface area is 178 Å². The molecule has 0 saturated heterocycles. The molecular formula is C24H32FN3O2. The molecule has 0 radical (unpaired) electrons. The summed E-state index contributed by atoms with van der Waals surface area (Å²) in [7, 11) is 0. The molecule has 0 bridgehead atoms. The van der Waals surface area contributed by atoms with Crippen molar-refractivity contribution >= 4 is 11.8 Å². The molecule has 0 spiro atoms. The predicted molar refractivity (Wildman–Crippen MR) is 116 cm³/mol. The topological polar surface area (TPSA) is 75.1 Å². The predicted octanol–water partition coefficient (Wildman–Crippen LogP) is 5.62. The van der Waals surface area contributed by atoms with E-state index >= 15 is 4.39 Å². The molecule has 2 atom stereocenters. The Morgan fingerprint density at radius 2 is 2.17 bits per heavy atom. The van der Waals surface area contributed by atoms with Crippen molar-refractivity contribution in [2.24, 2.45) is 0 Å². The SMILES string of the molecule is CCC(F)(CCCCCC(CC(=O)O)c1cccnc1)c1ccc2c(n1)NCCC2. The second-order valence-corrected chi connectivity index (χ2v) is 8.23. The average molecular weight is 414 g/mol. The first kappa shape index (κ1) is 22.2. The highest BCUT2D eigenvalue weighted by atomic mass is 19.1. The molecule has 0 saturated carbocycles. The summed E-state index contributed by atoms with van der Waals surface area (Å²) >= 11 is 0. The number of rotatable bonds is 11. The van der Waals surface area contributed by atoms with Crippen molar-refractivity contribution in [3.05, 3.63) is 53.5 Å². The van der Waals surface area contributed by atoms with E-state index in [9.17, 15) is 9.90 Å². The Hall–Kier alpha value is -2.50. The first-order valence-corrected chi connectivity index (χ1v) is 11.1. The number of carboxylic acid groups (broad SMARTS) is 1. The number of hydrogen-bond acceptors (Lipinski definition) is 4. The number of pyridine rings is 2. The zero-order valence-electron chi connectivity index (χ0n) is 17.7. The smallest absolute Gasteiger partial charge is 0.303 e. The lowest BCUT2D eigenvalue weighted by Gasteiger charge is -2.26. The lowest BCUT2D eigenvalue weighted by molar-refractivity contribution is -0.137. The number of unbranched alkanes of at least 4 members (excludes halogenated alkanes) is 2. The van der Waals surface area contributed by atoms with Crippen LogP contribution in [0.2, 0.25) is 0 Å². The van der Waals surface area contributed by atoms with Crippen molar-refractivity contribution in [3.63, 3.8) is 0 Å². The van der Waals surface area contributed by atoms with Gasteiger partial charge in [0.1, 0.15) is 5.82 Å². The molecule has 162 valence electrons.